The van der Waals surface area contributed by atoms with Crippen LogP contribution in [-0.4, -0.2) is 23.0 Å². The van der Waals surface area contributed by atoms with E-state index >= 15 is 0 Å². The molecule has 2 N–H and O–H groups in total. The van der Waals surface area contributed by atoms with Crippen molar-refractivity contribution >= 4 is 11.9 Å². The summed E-state index contributed by atoms with van der Waals surface area (Å²) in [7, 11) is 0. The molecule has 0 aromatic carbocycles. The van der Waals surface area contributed by atoms with Gasteiger partial charge in [-0.3, -0.25) is 4.79 Å². The number of hydrogen-bond donors (Lipinski definition) is 2. The van der Waals surface area contributed by atoms with E-state index in [0.29, 0.717) is 5.92 Å². The van der Waals surface area contributed by atoms with Crippen molar-refractivity contribution in [2.75, 3.05) is 0 Å². The minimum Gasteiger partial charge on any atom is -0.480 e. The zero-order valence-electron chi connectivity index (χ0n) is 10.2. The SMILES string of the molecule is CCC(C)C(NC(=O)C(C)C1CC1)C(=O)O. The summed E-state index contributed by atoms with van der Waals surface area (Å²) in [6.07, 6.45) is 2.93. The molecule has 1 saturated carbocycles. The smallest absolute Gasteiger partial charge is 0.326 e. The van der Waals surface area contributed by atoms with Gasteiger partial charge in [-0.2, -0.15) is 0 Å². The molecule has 1 aliphatic carbocycles. The summed E-state index contributed by atoms with van der Waals surface area (Å²) in [5.74, 6) is -0.675. The van der Waals surface area contributed by atoms with E-state index in [1.807, 2.05) is 20.8 Å². The van der Waals surface area contributed by atoms with E-state index in [1.165, 1.54) is 0 Å². The second-order valence-corrected chi connectivity index (χ2v) is 4.84. The first-order valence-corrected chi connectivity index (χ1v) is 6.00. The average molecular weight is 227 g/mol. The van der Waals surface area contributed by atoms with Gasteiger partial charge in [-0.05, 0) is 24.7 Å². The number of amides is 1. The minimum atomic E-state index is -0.939. The molecule has 1 amide bonds. The van der Waals surface area contributed by atoms with Gasteiger partial charge in [0.25, 0.3) is 0 Å². The van der Waals surface area contributed by atoms with E-state index in [1.54, 1.807) is 0 Å². The second kappa shape index (κ2) is 5.32. The molecule has 1 rings (SSSR count). The Morgan fingerprint density at radius 3 is 2.31 bits per heavy atom. The van der Waals surface area contributed by atoms with Crippen molar-refractivity contribution in [1.29, 1.82) is 0 Å². The van der Waals surface area contributed by atoms with Crippen LogP contribution in [0.15, 0.2) is 0 Å². The maximum Gasteiger partial charge on any atom is 0.326 e. The molecule has 3 atom stereocenters. The molecule has 1 aliphatic rings. The van der Waals surface area contributed by atoms with Crippen LogP contribution in [0.25, 0.3) is 0 Å². The number of carbonyl (C=O) groups excluding carboxylic acids is 1. The van der Waals surface area contributed by atoms with Gasteiger partial charge in [0.15, 0.2) is 0 Å². The van der Waals surface area contributed by atoms with Crippen molar-refractivity contribution < 1.29 is 14.7 Å². The van der Waals surface area contributed by atoms with E-state index in [0.717, 1.165) is 19.3 Å². The average Bonchev–Trinajstić information content (AvgIpc) is 3.06. The van der Waals surface area contributed by atoms with Crippen LogP contribution in [0, 0.1) is 17.8 Å². The molecule has 0 radical (unpaired) electrons. The first kappa shape index (κ1) is 13.0. The zero-order valence-corrected chi connectivity index (χ0v) is 10.2. The molecule has 0 aliphatic heterocycles. The van der Waals surface area contributed by atoms with Crippen molar-refractivity contribution in [1.82, 2.24) is 5.32 Å². The molecule has 0 spiro atoms. The lowest BCUT2D eigenvalue weighted by atomic mass is 9.97. The van der Waals surface area contributed by atoms with Crippen molar-refractivity contribution in [3.05, 3.63) is 0 Å². The number of nitrogens with one attached hydrogen (secondary N) is 1. The van der Waals surface area contributed by atoms with Gasteiger partial charge in [-0.25, -0.2) is 4.79 Å². The molecular weight excluding hydrogens is 206 g/mol. The predicted molar refractivity (Wildman–Crippen MR) is 60.9 cm³/mol. The normalized spacial score (nSPS) is 20.9. The highest BCUT2D eigenvalue weighted by Crippen LogP contribution is 2.36. The zero-order chi connectivity index (χ0) is 12.3. The lowest BCUT2D eigenvalue weighted by Crippen LogP contribution is -2.47. The maximum atomic E-state index is 11.8. The van der Waals surface area contributed by atoms with Crippen molar-refractivity contribution in [3.63, 3.8) is 0 Å². The standard InChI is InChI=1S/C12H21NO3/c1-4-7(2)10(12(15)16)13-11(14)8(3)9-5-6-9/h7-10H,4-6H2,1-3H3,(H,13,14)(H,15,16). The number of carbonyl (C=O) groups is 2. The van der Waals surface area contributed by atoms with Crippen LogP contribution < -0.4 is 5.32 Å². The van der Waals surface area contributed by atoms with Crippen LogP contribution in [-0.2, 0) is 9.59 Å². The van der Waals surface area contributed by atoms with Gasteiger partial charge in [0.1, 0.15) is 6.04 Å². The van der Waals surface area contributed by atoms with Crippen LogP contribution in [0.1, 0.15) is 40.0 Å². The van der Waals surface area contributed by atoms with E-state index in [-0.39, 0.29) is 17.7 Å². The fraction of sp³-hybridized carbons (Fsp3) is 0.833. The van der Waals surface area contributed by atoms with E-state index in [4.69, 9.17) is 5.11 Å². The highest BCUT2D eigenvalue weighted by atomic mass is 16.4. The minimum absolute atomic E-state index is 0.0344. The molecule has 4 nitrogen and oxygen atoms in total. The number of carboxylic acids is 1. The summed E-state index contributed by atoms with van der Waals surface area (Å²) < 4.78 is 0. The van der Waals surface area contributed by atoms with Crippen LogP contribution in [0.5, 0.6) is 0 Å². The number of rotatable bonds is 6. The Balaban J connectivity index is 2.53. The van der Waals surface area contributed by atoms with Crippen molar-refractivity contribution in [3.8, 4) is 0 Å². The van der Waals surface area contributed by atoms with Gasteiger partial charge in [0.2, 0.25) is 5.91 Å². The molecule has 0 heterocycles. The molecule has 16 heavy (non-hydrogen) atoms. The van der Waals surface area contributed by atoms with Crippen LogP contribution in [0.2, 0.25) is 0 Å². The summed E-state index contributed by atoms with van der Waals surface area (Å²) in [4.78, 5) is 22.8. The van der Waals surface area contributed by atoms with Gasteiger partial charge < -0.3 is 10.4 Å². The summed E-state index contributed by atoms with van der Waals surface area (Å²) in [5, 5.41) is 11.7. The van der Waals surface area contributed by atoms with Gasteiger partial charge in [0, 0.05) is 5.92 Å². The largest absolute Gasteiger partial charge is 0.480 e. The number of carboxylic acid groups (broad SMARTS) is 1. The Kier molecular flexibility index (Phi) is 4.33. The fourth-order valence-electron chi connectivity index (χ4n) is 1.78. The summed E-state index contributed by atoms with van der Waals surface area (Å²) in [5.41, 5.74) is 0. The van der Waals surface area contributed by atoms with Gasteiger partial charge in [-0.1, -0.05) is 27.2 Å². The van der Waals surface area contributed by atoms with Crippen LogP contribution in [0.3, 0.4) is 0 Å². The highest BCUT2D eigenvalue weighted by molar-refractivity contribution is 5.85. The summed E-state index contributed by atoms with van der Waals surface area (Å²) >= 11 is 0. The van der Waals surface area contributed by atoms with Crippen LogP contribution >= 0.6 is 0 Å². The van der Waals surface area contributed by atoms with E-state index in [2.05, 4.69) is 5.32 Å². The molecule has 92 valence electrons. The maximum absolute atomic E-state index is 11.8. The molecule has 0 bridgehead atoms. The Labute approximate surface area is 96.4 Å². The molecule has 0 aromatic rings. The third-order valence-electron chi connectivity index (χ3n) is 3.52. The Hall–Kier alpha value is -1.06. The molecule has 4 heteroatoms. The summed E-state index contributed by atoms with van der Waals surface area (Å²) in [6.45, 7) is 5.65. The van der Waals surface area contributed by atoms with Gasteiger partial charge in [0.05, 0.1) is 0 Å². The second-order valence-electron chi connectivity index (χ2n) is 4.84. The van der Waals surface area contributed by atoms with Gasteiger partial charge >= 0.3 is 5.97 Å². The third kappa shape index (κ3) is 3.22. The summed E-state index contributed by atoms with van der Waals surface area (Å²) in [6, 6.07) is -0.751. The number of aliphatic carboxylic acids is 1. The van der Waals surface area contributed by atoms with Crippen molar-refractivity contribution in [2.24, 2.45) is 17.8 Å². The predicted octanol–water partition coefficient (Wildman–Crippen LogP) is 1.65. The van der Waals surface area contributed by atoms with E-state index < -0.39 is 12.0 Å². The molecule has 1 fully saturated rings. The molecule has 3 unspecified atom stereocenters. The quantitative estimate of drug-likeness (QED) is 0.725. The molecule has 0 aromatic heterocycles. The monoisotopic (exact) mass is 227 g/mol. The topological polar surface area (TPSA) is 66.4 Å². The van der Waals surface area contributed by atoms with Crippen LogP contribution in [0.4, 0.5) is 0 Å². The van der Waals surface area contributed by atoms with E-state index in [9.17, 15) is 9.59 Å². The lowest BCUT2D eigenvalue weighted by molar-refractivity contribution is -0.144. The van der Waals surface area contributed by atoms with Crippen molar-refractivity contribution in [2.45, 2.75) is 46.1 Å². The number of hydrogen-bond acceptors (Lipinski definition) is 2. The Bertz CT molecular complexity index is 273. The first-order valence-electron chi connectivity index (χ1n) is 6.00. The molecular formula is C12H21NO3. The lowest BCUT2D eigenvalue weighted by Gasteiger charge is -2.22. The third-order valence-corrected chi connectivity index (χ3v) is 3.52. The Morgan fingerprint density at radius 1 is 1.38 bits per heavy atom. The fourth-order valence-corrected chi connectivity index (χ4v) is 1.78. The van der Waals surface area contributed by atoms with Gasteiger partial charge in [-0.15, -0.1) is 0 Å². The Morgan fingerprint density at radius 2 is 1.94 bits per heavy atom. The highest BCUT2D eigenvalue weighted by Gasteiger charge is 2.35. The first-order chi connectivity index (χ1) is 7.47. The molecule has 0 saturated heterocycles.